The molecule has 31 heavy (non-hydrogen) atoms. The van der Waals surface area contributed by atoms with E-state index >= 15 is 0 Å². The SMILES string of the molecule is CCCC(=O)Nc1ccc2c(c1)OC[C@@H](C)N(CCC)C[C@@H](C)[C@H](OC)CN(C)C2=O. The fourth-order valence-corrected chi connectivity index (χ4v) is 3.97. The molecule has 1 aliphatic heterocycles. The number of ether oxygens (including phenoxy) is 2. The Balaban J connectivity index is 2.38. The number of hydrogen-bond acceptors (Lipinski definition) is 5. The maximum absolute atomic E-state index is 13.2. The van der Waals surface area contributed by atoms with Crippen molar-refractivity contribution in [2.24, 2.45) is 5.92 Å². The molecule has 1 heterocycles. The Morgan fingerprint density at radius 3 is 2.61 bits per heavy atom. The normalized spacial score (nSPS) is 23.4. The van der Waals surface area contributed by atoms with Gasteiger partial charge in [0.2, 0.25) is 5.91 Å². The molecule has 0 unspecified atom stereocenters. The van der Waals surface area contributed by atoms with Crippen molar-refractivity contribution in [1.29, 1.82) is 0 Å². The molecule has 0 bridgehead atoms. The third-order valence-corrected chi connectivity index (χ3v) is 5.85. The largest absolute Gasteiger partial charge is 0.491 e. The van der Waals surface area contributed by atoms with E-state index in [9.17, 15) is 9.59 Å². The van der Waals surface area contributed by atoms with E-state index in [-0.39, 0.29) is 29.9 Å². The van der Waals surface area contributed by atoms with Crippen LogP contribution in [0.15, 0.2) is 18.2 Å². The molecular weight excluding hydrogens is 394 g/mol. The number of fused-ring (bicyclic) bond motifs is 1. The van der Waals surface area contributed by atoms with Crippen LogP contribution in [0, 0.1) is 5.92 Å². The topological polar surface area (TPSA) is 71.1 Å². The summed E-state index contributed by atoms with van der Waals surface area (Å²) in [6, 6.07) is 5.43. The molecule has 0 spiro atoms. The molecular formula is C24H39N3O4. The monoisotopic (exact) mass is 433 g/mol. The van der Waals surface area contributed by atoms with E-state index < -0.39 is 0 Å². The number of nitrogens with one attached hydrogen (secondary N) is 1. The Bertz CT molecular complexity index is 740. The number of amides is 2. The molecule has 0 radical (unpaired) electrons. The third-order valence-electron chi connectivity index (χ3n) is 5.85. The van der Waals surface area contributed by atoms with Crippen LogP contribution in [0.5, 0.6) is 5.75 Å². The second-order valence-corrected chi connectivity index (χ2v) is 8.60. The molecule has 1 aliphatic rings. The van der Waals surface area contributed by atoms with Crippen LogP contribution >= 0.6 is 0 Å². The smallest absolute Gasteiger partial charge is 0.257 e. The van der Waals surface area contributed by atoms with E-state index in [2.05, 4.69) is 31.0 Å². The first-order chi connectivity index (χ1) is 14.8. The number of hydrogen-bond donors (Lipinski definition) is 1. The lowest BCUT2D eigenvalue weighted by Crippen LogP contribution is -2.46. The van der Waals surface area contributed by atoms with Gasteiger partial charge in [-0.3, -0.25) is 14.5 Å². The molecule has 0 aromatic heterocycles. The van der Waals surface area contributed by atoms with Crippen LogP contribution in [0.25, 0.3) is 0 Å². The van der Waals surface area contributed by atoms with Crippen molar-refractivity contribution >= 4 is 17.5 Å². The Kier molecular flexibility index (Phi) is 9.78. The lowest BCUT2D eigenvalue weighted by Gasteiger charge is -2.35. The molecule has 7 heteroatoms. The minimum Gasteiger partial charge on any atom is -0.491 e. The van der Waals surface area contributed by atoms with E-state index in [0.717, 1.165) is 25.9 Å². The van der Waals surface area contributed by atoms with Gasteiger partial charge in [0.1, 0.15) is 12.4 Å². The van der Waals surface area contributed by atoms with Crippen LogP contribution in [0.4, 0.5) is 5.69 Å². The highest BCUT2D eigenvalue weighted by molar-refractivity contribution is 5.98. The fraction of sp³-hybridized carbons (Fsp3) is 0.667. The Hall–Kier alpha value is -2.12. The number of benzene rings is 1. The van der Waals surface area contributed by atoms with Crippen LogP contribution in [-0.2, 0) is 9.53 Å². The second-order valence-electron chi connectivity index (χ2n) is 8.60. The summed E-state index contributed by atoms with van der Waals surface area (Å²) in [6.07, 6.45) is 2.23. The van der Waals surface area contributed by atoms with Crippen molar-refractivity contribution in [3.63, 3.8) is 0 Å². The highest BCUT2D eigenvalue weighted by Gasteiger charge is 2.28. The van der Waals surface area contributed by atoms with Crippen LogP contribution in [0.2, 0.25) is 0 Å². The standard InChI is InChI=1S/C24H39N3O4/c1-7-9-23(28)25-19-10-11-20-21(13-19)31-16-18(4)27(12-8-2)14-17(3)22(30-6)15-26(5)24(20)29/h10-11,13,17-18,22H,7-9,12,14-16H2,1-6H3,(H,25,28)/t17-,18-,22-/m1/s1. The molecule has 0 fully saturated rings. The summed E-state index contributed by atoms with van der Waals surface area (Å²) in [5, 5.41) is 2.89. The zero-order valence-corrected chi connectivity index (χ0v) is 19.9. The van der Waals surface area contributed by atoms with Crippen LogP contribution in [0.3, 0.4) is 0 Å². The molecule has 0 saturated heterocycles. The Labute approximate surface area is 187 Å². The van der Waals surface area contributed by atoms with Crippen LogP contribution < -0.4 is 10.1 Å². The van der Waals surface area contributed by atoms with Gasteiger partial charge in [-0.1, -0.05) is 20.8 Å². The predicted octanol–water partition coefficient (Wildman–Crippen LogP) is 3.64. The number of anilines is 1. The maximum atomic E-state index is 13.2. The van der Waals surface area contributed by atoms with E-state index in [4.69, 9.17) is 9.47 Å². The van der Waals surface area contributed by atoms with E-state index in [1.54, 1.807) is 37.3 Å². The molecule has 1 aromatic carbocycles. The first kappa shape index (κ1) is 25.1. The number of carbonyl (C=O) groups is 2. The average Bonchev–Trinajstić information content (AvgIpc) is 2.74. The summed E-state index contributed by atoms with van der Waals surface area (Å²) in [6.45, 7) is 11.3. The van der Waals surface area contributed by atoms with E-state index in [1.807, 2.05) is 6.92 Å². The van der Waals surface area contributed by atoms with Crippen molar-refractivity contribution in [2.75, 3.05) is 45.7 Å². The van der Waals surface area contributed by atoms with Gasteiger partial charge in [-0.05, 0) is 44.4 Å². The average molecular weight is 434 g/mol. The first-order valence-electron chi connectivity index (χ1n) is 11.4. The Morgan fingerprint density at radius 1 is 1.23 bits per heavy atom. The summed E-state index contributed by atoms with van der Waals surface area (Å²) < 4.78 is 11.9. The van der Waals surface area contributed by atoms with Gasteiger partial charge >= 0.3 is 0 Å². The quantitative estimate of drug-likeness (QED) is 0.742. The van der Waals surface area contributed by atoms with Gasteiger partial charge in [-0.15, -0.1) is 0 Å². The summed E-state index contributed by atoms with van der Waals surface area (Å²) in [7, 11) is 3.50. The highest BCUT2D eigenvalue weighted by Crippen LogP contribution is 2.27. The summed E-state index contributed by atoms with van der Waals surface area (Å²) >= 11 is 0. The minimum atomic E-state index is -0.116. The predicted molar refractivity (Wildman–Crippen MR) is 124 cm³/mol. The van der Waals surface area contributed by atoms with E-state index in [1.165, 1.54) is 0 Å². The van der Waals surface area contributed by atoms with Crippen molar-refractivity contribution in [1.82, 2.24) is 9.80 Å². The number of rotatable bonds is 6. The number of nitrogens with zero attached hydrogens (tertiary/aromatic N) is 2. The first-order valence-corrected chi connectivity index (χ1v) is 11.4. The molecule has 0 aliphatic carbocycles. The third kappa shape index (κ3) is 6.94. The molecule has 2 rings (SSSR count). The number of likely N-dealkylation sites (N-methyl/N-ethyl adjacent to an activating group) is 1. The molecule has 0 saturated carbocycles. The van der Waals surface area contributed by atoms with E-state index in [0.29, 0.717) is 36.6 Å². The van der Waals surface area contributed by atoms with Crippen molar-refractivity contribution in [3.05, 3.63) is 23.8 Å². The Morgan fingerprint density at radius 2 is 1.97 bits per heavy atom. The lowest BCUT2D eigenvalue weighted by atomic mass is 10.0. The molecule has 7 nitrogen and oxygen atoms in total. The van der Waals surface area contributed by atoms with Gasteiger partial charge in [-0.2, -0.15) is 0 Å². The van der Waals surface area contributed by atoms with Crippen molar-refractivity contribution in [3.8, 4) is 5.75 Å². The summed E-state index contributed by atoms with van der Waals surface area (Å²) in [5.74, 6) is 0.606. The highest BCUT2D eigenvalue weighted by atomic mass is 16.5. The second kappa shape index (κ2) is 12.1. The maximum Gasteiger partial charge on any atom is 0.257 e. The zero-order chi connectivity index (χ0) is 23.0. The van der Waals surface area contributed by atoms with Gasteiger partial charge in [0.25, 0.3) is 5.91 Å². The van der Waals surface area contributed by atoms with Crippen LogP contribution in [-0.4, -0.2) is 74.2 Å². The summed E-state index contributed by atoms with van der Waals surface area (Å²) in [4.78, 5) is 29.3. The lowest BCUT2D eigenvalue weighted by molar-refractivity contribution is -0.116. The number of carbonyl (C=O) groups excluding carboxylic acids is 2. The zero-order valence-electron chi connectivity index (χ0n) is 19.9. The molecule has 174 valence electrons. The van der Waals surface area contributed by atoms with Crippen molar-refractivity contribution in [2.45, 2.75) is 59.1 Å². The van der Waals surface area contributed by atoms with Crippen LogP contribution in [0.1, 0.15) is 57.3 Å². The van der Waals surface area contributed by atoms with Gasteiger partial charge in [0.15, 0.2) is 0 Å². The molecule has 3 atom stereocenters. The molecule has 2 amide bonds. The fourth-order valence-electron chi connectivity index (χ4n) is 3.97. The van der Waals surface area contributed by atoms with Gasteiger partial charge < -0.3 is 19.7 Å². The minimum absolute atomic E-state index is 0.0431. The van der Waals surface area contributed by atoms with Crippen molar-refractivity contribution < 1.29 is 19.1 Å². The summed E-state index contributed by atoms with van der Waals surface area (Å²) in [5.41, 5.74) is 1.13. The van der Waals surface area contributed by atoms with Gasteiger partial charge in [-0.25, -0.2) is 0 Å². The molecule has 1 N–H and O–H groups in total. The van der Waals surface area contributed by atoms with Gasteiger partial charge in [0.05, 0.1) is 11.7 Å². The van der Waals surface area contributed by atoms with Gasteiger partial charge in [0, 0.05) is 51.5 Å². The molecule has 1 aromatic rings. The number of methoxy groups -OCH3 is 1.